The molecular weight excluding hydrogens is 244 g/mol. The summed E-state index contributed by atoms with van der Waals surface area (Å²) < 4.78 is 0. The van der Waals surface area contributed by atoms with Gasteiger partial charge in [-0.1, -0.05) is 42.5 Å². The Kier molecular flexibility index (Phi) is 2.73. The molecule has 1 aliphatic heterocycles. The maximum absolute atomic E-state index is 4.95. The quantitative estimate of drug-likeness (QED) is 0.710. The van der Waals surface area contributed by atoms with Crippen molar-refractivity contribution in [2.24, 2.45) is 15.9 Å². The standard InChI is InChI=1S/C18H16N2/c1-2-7-13(8-3-1)18-14-9-6-12-15(14)19-16-10-4-5-11-17(16)20-18/h1-5,7-8,10-11,14H,6,9,12H2/t14-/m0/s1. The normalized spacial score (nSPS) is 20.5. The number of fused-ring (bicyclic) bond motifs is 2. The summed E-state index contributed by atoms with van der Waals surface area (Å²) in [4.78, 5) is 9.83. The first-order chi connectivity index (χ1) is 9.92. The van der Waals surface area contributed by atoms with E-state index in [0.29, 0.717) is 5.92 Å². The van der Waals surface area contributed by atoms with Crippen LogP contribution in [0.25, 0.3) is 0 Å². The largest absolute Gasteiger partial charge is 0.255 e. The monoisotopic (exact) mass is 260 g/mol. The minimum atomic E-state index is 0.393. The van der Waals surface area contributed by atoms with Crippen molar-refractivity contribution in [3.8, 4) is 0 Å². The Labute approximate surface area is 118 Å². The molecule has 0 bridgehead atoms. The second kappa shape index (κ2) is 4.71. The van der Waals surface area contributed by atoms with Gasteiger partial charge in [0.25, 0.3) is 0 Å². The second-order valence-electron chi connectivity index (χ2n) is 5.40. The third-order valence-corrected chi connectivity index (χ3v) is 4.11. The van der Waals surface area contributed by atoms with Crippen LogP contribution in [0, 0.1) is 5.92 Å². The Balaban J connectivity index is 1.93. The molecule has 0 radical (unpaired) electrons. The highest BCUT2D eigenvalue weighted by molar-refractivity contribution is 6.18. The number of hydrogen-bond acceptors (Lipinski definition) is 2. The van der Waals surface area contributed by atoms with Crippen LogP contribution in [0.1, 0.15) is 24.8 Å². The number of nitrogens with zero attached hydrogens (tertiary/aromatic N) is 2. The first-order valence-corrected chi connectivity index (χ1v) is 7.22. The molecule has 4 rings (SSSR count). The van der Waals surface area contributed by atoms with Crippen molar-refractivity contribution in [1.82, 2.24) is 0 Å². The number of benzene rings is 2. The summed E-state index contributed by atoms with van der Waals surface area (Å²) in [5.74, 6) is 0.393. The molecule has 1 fully saturated rings. The highest BCUT2D eigenvalue weighted by atomic mass is 14.9. The fourth-order valence-electron chi connectivity index (χ4n) is 3.15. The molecule has 20 heavy (non-hydrogen) atoms. The molecule has 0 spiro atoms. The van der Waals surface area contributed by atoms with Gasteiger partial charge in [0, 0.05) is 11.6 Å². The molecule has 0 amide bonds. The van der Waals surface area contributed by atoms with Gasteiger partial charge in [-0.25, -0.2) is 4.99 Å². The van der Waals surface area contributed by atoms with Crippen LogP contribution in [0.5, 0.6) is 0 Å². The average Bonchev–Trinajstić information content (AvgIpc) is 2.89. The van der Waals surface area contributed by atoms with Crippen LogP contribution in [-0.4, -0.2) is 11.4 Å². The lowest BCUT2D eigenvalue weighted by atomic mass is 9.94. The van der Waals surface area contributed by atoms with E-state index in [-0.39, 0.29) is 0 Å². The summed E-state index contributed by atoms with van der Waals surface area (Å²) in [6.07, 6.45) is 3.49. The van der Waals surface area contributed by atoms with E-state index in [1.165, 1.54) is 29.8 Å². The molecule has 2 aliphatic rings. The van der Waals surface area contributed by atoms with E-state index < -0.39 is 0 Å². The zero-order valence-electron chi connectivity index (χ0n) is 11.3. The predicted octanol–water partition coefficient (Wildman–Crippen LogP) is 4.69. The molecule has 1 heterocycles. The smallest absolute Gasteiger partial charge is 0.0889 e. The van der Waals surface area contributed by atoms with E-state index in [9.17, 15) is 0 Å². The van der Waals surface area contributed by atoms with Crippen molar-refractivity contribution in [2.75, 3.05) is 0 Å². The van der Waals surface area contributed by atoms with E-state index in [1.807, 2.05) is 12.1 Å². The molecule has 0 N–H and O–H groups in total. The Morgan fingerprint density at radius 3 is 2.30 bits per heavy atom. The van der Waals surface area contributed by atoms with Crippen molar-refractivity contribution in [1.29, 1.82) is 0 Å². The zero-order chi connectivity index (χ0) is 13.4. The van der Waals surface area contributed by atoms with Crippen LogP contribution in [-0.2, 0) is 0 Å². The molecule has 0 unspecified atom stereocenters. The topological polar surface area (TPSA) is 24.7 Å². The zero-order valence-corrected chi connectivity index (χ0v) is 11.3. The highest BCUT2D eigenvalue weighted by Crippen LogP contribution is 2.37. The molecule has 0 aromatic heterocycles. The lowest BCUT2D eigenvalue weighted by molar-refractivity contribution is 0.814. The van der Waals surface area contributed by atoms with Crippen molar-refractivity contribution in [2.45, 2.75) is 19.3 Å². The van der Waals surface area contributed by atoms with E-state index in [4.69, 9.17) is 9.98 Å². The first kappa shape index (κ1) is 11.6. The molecule has 2 nitrogen and oxygen atoms in total. The first-order valence-electron chi connectivity index (χ1n) is 7.22. The van der Waals surface area contributed by atoms with E-state index in [1.54, 1.807) is 0 Å². The maximum Gasteiger partial charge on any atom is 0.0889 e. The van der Waals surface area contributed by atoms with Gasteiger partial charge >= 0.3 is 0 Å². The van der Waals surface area contributed by atoms with Gasteiger partial charge in [-0.15, -0.1) is 0 Å². The van der Waals surface area contributed by atoms with Gasteiger partial charge in [0.15, 0.2) is 0 Å². The maximum atomic E-state index is 4.95. The van der Waals surface area contributed by atoms with Crippen molar-refractivity contribution >= 4 is 22.8 Å². The third kappa shape index (κ3) is 1.88. The predicted molar refractivity (Wildman–Crippen MR) is 83.5 cm³/mol. The second-order valence-corrected chi connectivity index (χ2v) is 5.40. The van der Waals surface area contributed by atoms with Crippen molar-refractivity contribution in [3.63, 3.8) is 0 Å². The van der Waals surface area contributed by atoms with Gasteiger partial charge in [-0.3, -0.25) is 4.99 Å². The molecule has 2 aromatic carbocycles. The summed E-state index contributed by atoms with van der Waals surface area (Å²) in [6.45, 7) is 0. The van der Waals surface area contributed by atoms with Crippen molar-refractivity contribution < 1.29 is 0 Å². The summed E-state index contributed by atoms with van der Waals surface area (Å²) in [5.41, 5.74) is 5.72. The van der Waals surface area contributed by atoms with Gasteiger partial charge in [0.1, 0.15) is 0 Å². The third-order valence-electron chi connectivity index (χ3n) is 4.11. The van der Waals surface area contributed by atoms with E-state index >= 15 is 0 Å². The van der Waals surface area contributed by atoms with Gasteiger partial charge in [0.05, 0.1) is 17.1 Å². The lowest BCUT2D eigenvalue weighted by Crippen LogP contribution is -2.19. The number of para-hydroxylation sites is 2. The molecule has 2 heteroatoms. The van der Waals surface area contributed by atoms with E-state index in [2.05, 4.69) is 42.5 Å². The SMILES string of the molecule is c1ccc(C2=Nc3ccccc3N=C3CCC[C@@H]32)cc1. The van der Waals surface area contributed by atoms with Crippen LogP contribution < -0.4 is 0 Å². The van der Waals surface area contributed by atoms with Crippen molar-refractivity contribution in [3.05, 3.63) is 60.2 Å². The van der Waals surface area contributed by atoms with Crippen LogP contribution in [0.3, 0.4) is 0 Å². The van der Waals surface area contributed by atoms with Gasteiger partial charge in [-0.05, 0) is 37.0 Å². The minimum absolute atomic E-state index is 0.393. The van der Waals surface area contributed by atoms with Crippen LogP contribution in [0.4, 0.5) is 11.4 Å². The number of hydrogen-bond donors (Lipinski definition) is 0. The molecule has 1 atom stereocenters. The molecule has 2 aromatic rings. The Morgan fingerprint density at radius 2 is 1.50 bits per heavy atom. The molecule has 98 valence electrons. The van der Waals surface area contributed by atoms with Gasteiger partial charge in [0.2, 0.25) is 0 Å². The van der Waals surface area contributed by atoms with Crippen LogP contribution in [0.15, 0.2) is 64.6 Å². The fraction of sp³-hybridized carbons (Fsp3) is 0.222. The molecule has 0 saturated heterocycles. The van der Waals surface area contributed by atoms with Gasteiger partial charge < -0.3 is 0 Å². The average molecular weight is 260 g/mol. The Bertz CT molecular complexity index is 698. The molecule has 1 saturated carbocycles. The Morgan fingerprint density at radius 1 is 0.800 bits per heavy atom. The fourth-order valence-corrected chi connectivity index (χ4v) is 3.15. The summed E-state index contributed by atoms with van der Waals surface area (Å²) in [5, 5.41) is 0. The summed E-state index contributed by atoms with van der Waals surface area (Å²) in [6, 6.07) is 18.7. The van der Waals surface area contributed by atoms with Crippen LogP contribution in [0.2, 0.25) is 0 Å². The minimum Gasteiger partial charge on any atom is -0.255 e. The Hall–Kier alpha value is -2.22. The van der Waals surface area contributed by atoms with Crippen LogP contribution >= 0.6 is 0 Å². The van der Waals surface area contributed by atoms with Gasteiger partial charge in [-0.2, -0.15) is 0 Å². The summed E-state index contributed by atoms with van der Waals surface area (Å²) in [7, 11) is 0. The number of aliphatic imine (C=N–C) groups is 2. The molecule has 1 aliphatic carbocycles. The van der Waals surface area contributed by atoms with E-state index in [0.717, 1.165) is 17.8 Å². The highest BCUT2D eigenvalue weighted by Gasteiger charge is 2.30. The summed E-state index contributed by atoms with van der Waals surface area (Å²) >= 11 is 0. The molecular formula is C18H16N2. The number of rotatable bonds is 1. The lowest BCUT2D eigenvalue weighted by Gasteiger charge is -2.13.